The molecule has 0 aliphatic rings. The lowest BCUT2D eigenvalue weighted by atomic mass is 10.1. The first-order valence-corrected chi connectivity index (χ1v) is 10.9. The van der Waals surface area contributed by atoms with Crippen molar-refractivity contribution in [3.8, 4) is 11.6 Å². The molecule has 3 aromatic heterocycles. The van der Waals surface area contributed by atoms with Gasteiger partial charge in [-0.2, -0.15) is 19.9 Å². The Bertz CT molecular complexity index is 1630. The number of carbonyl (C=O) groups excluding carboxylic acids is 1. The first-order chi connectivity index (χ1) is 16.3. The van der Waals surface area contributed by atoms with E-state index in [1.165, 1.54) is 10.9 Å². The zero-order valence-electron chi connectivity index (χ0n) is 18.6. The average molecular weight is 474 g/mol. The van der Waals surface area contributed by atoms with Gasteiger partial charge >= 0.3 is 0 Å². The van der Waals surface area contributed by atoms with E-state index in [0.717, 1.165) is 16.8 Å². The van der Waals surface area contributed by atoms with Gasteiger partial charge in [0.25, 0.3) is 11.5 Å². The molecule has 34 heavy (non-hydrogen) atoms. The molecule has 0 atom stereocenters. The van der Waals surface area contributed by atoms with Crippen LogP contribution in [0.3, 0.4) is 0 Å². The molecule has 10 heteroatoms. The van der Waals surface area contributed by atoms with Gasteiger partial charge in [-0.15, -0.1) is 0 Å². The van der Waals surface area contributed by atoms with Gasteiger partial charge in [-0.25, -0.2) is 4.68 Å². The van der Waals surface area contributed by atoms with Crippen molar-refractivity contribution >= 4 is 34.4 Å². The number of anilines is 1. The van der Waals surface area contributed by atoms with Crippen molar-refractivity contribution in [2.45, 2.75) is 20.8 Å². The average Bonchev–Trinajstić information content (AvgIpc) is 3.39. The van der Waals surface area contributed by atoms with Gasteiger partial charge in [0.15, 0.2) is 5.65 Å². The summed E-state index contributed by atoms with van der Waals surface area (Å²) in [5.74, 6) is 0.0745. The maximum atomic E-state index is 12.9. The highest BCUT2D eigenvalue weighted by molar-refractivity contribution is 6.34. The number of carbonyl (C=O) groups is 1. The smallest absolute Gasteiger partial charge is 0.263 e. The molecule has 9 nitrogen and oxygen atoms in total. The van der Waals surface area contributed by atoms with Crippen molar-refractivity contribution in [3.05, 3.63) is 92.5 Å². The number of H-pyrrole nitrogens is 1. The molecule has 5 rings (SSSR count). The maximum absolute atomic E-state index is 12.9. The molecule has 2 aromatic carbocycles. The second kappa shape index (κ2) is 8.27. The minimum Gasteiger partial charge on any atom is -0.306 e. The van der Waals surface area contributed by atoms with Crippen molar-refractivity contribution in [1.29, 1.82) is 0 Å². The maximum Gasteiger partial charge on any atom is 0.263 e. The Morgan fingerprint density at radius 1 is 1.06 bits per heavy atom. The number of aryl methyl sites for hydroxylation is 2. The summed E-state index contributed by atoms with van der Waals surface area (Å²) in [6, 6.07) is 14.3. The molecule has 1 amide bonds. The third kappa shape index (κ3) is 3.65. The molecule has 0 fully saturated rings. The second-order valence-electron chi connectivity index (χ2n) is 7.92. The number of benzene rings is 2. The fraction of sp³-hybridized carbons (Fsp3) is 0.125. The molecular formula is C24H20ClN7O2. The van der Waals surface area contributed by atoms with E-state index in [2.05, 4.69) is 25.5 Å². The lowest BCUT2D eigenvalue weighted by Gasteiger charge is -2.11. The summed E-state index contributed by atoms with van der Waals surface area (Å²) < 4.78 is 3.01. The predicted octanol–water partition coefficient (Wildman–Crippen LogP) is 4.13. The van der Waals surface area contributed by atoms with E-state index in [1.807, 2.05) is 32.0 Å². The lowest BCUT2D eigenvalue weighted by Crippen LogP contribution is -2.19. The molecule has 0 spiro atoms. The van der Waals surface area contributed by atoms with Crippen LogP contribution in [0.5, 0.6) is 0 Å². The summed E-state index contributed by atoms with van der Waals surface area (Å²) in [7, 11) is 0. The number of fused-ring (bicyclic) bond motifs is 1. The Labute approximate surface area is 199 Å². The van der Waals surface area contributed by atoms with Crippen LogP contribution in [-0.4, -0.2) is 35.4 Å². The molecular weight excluding hydrogens is 454 g/mol. The van der Waals surface area contributed by atoms with Gasteiger partial charge in [-0.1, -0.05) is 35.9 Å². The number of rotatable bonds is 4. The fourth-order valence-electron chi connectivity index (χ4n) is 3.73. The van der Waals surface area contributed by atoms with Gasteiger partial charge < -0.3 is 5.32 Å². The molecule has 5 aromatic rings. The third-order valence-corrected chi connectivity index (χ3v) is 5.95. The fourth-order valence-corrected chi connectivity index (χ4v) is 3.95. The van der Waals surface area contributed by atoms with E-state index in [1.54, 1.807) is 41.9 Å². The van der Waals surface area contributed by atoms with Crippen LogP contribution in [0.2, 0.25) is 5.02 Å². The number of aromatic nitrogens is 6. The largest absolute Gasteiger partial charge is 0.306 e. The number of aromatic amines is 1. The highest BCUT2D eigenvalue weighted by atomic mass is 35.5. The van der Waals surface area contributed by atoms with Gasteiger partial charge in [0.2, 0.25) is 5.95 Å². The minimum atomic E-state index is -0.407. The molecule has 0 bridgehead atoms. The minimum absolute atomic E-state index is 0.145. The highest BCUT2D eigenvalue weighted by Crippen LogP contribution is 2.22. The second-order valence-corrected chi connectivity index (χ2v) is 8.33. The summed E-state index contributed by atoms with van der Waals surface area (Å²) in [6.07, 6.45) is 1.49. The first-order valence-electron chi connectivity index (χ1n) is 10.5. The lowest BCUT2D eigenvalue weighted by molar-refractivity contribution is 0.102. The summed E-state index contributed by atoms with van der Waals surface area (Å²) >= 11 is 6.17. The van der Waals surface area contributed by atoms with Crippen LogP contribution >= 0.6 is 11.6 Å². The van der Waals surface area contributed by atoms with Crippen molar-refractivity contribution in [1.82, 2.24) is 29.5 Å². The molecule has 170 valence electrons. The van der Waals surface area contributed by atoms with Gasteiger partial charge in [0.05, 0.1) is 28.2 Å². The van der Waals surface area contributed by atoms with Crippen molar-refractivity contribution in [3.63, 3.8) is 0 Å². The summed E-state index contributed by atoms with van der Waals surface area (Å²) in [4.78, 5) is 33.1. The molecule has 2 N–H and O–H groups in total. The Kier molecular flexibility index (Phi) is 5.25. The number of nitrogens with one attached hydrogen (secondary N) is 2. The van der Waals surface area contributed by atoms with E-state index in [0.29, 0.717) is 33.1 Å². The quantitative estimate of drug-likeness (QED) is 0.408. The Morgan fingerprint density at radius 3 is 2.65 bits per heavy atom. The summed E-state index contributed by atoms with van der Waals surface area (Å²) in [6.45, 7) is 5.78. The Hall–Kier alpha value is -4.24. The molecule has 0 saturated heterocycles. The normalized spacial score (nSPS) is 11.2. The van der Waals surface area contributed by atoms with Crippen molar-refractivity contribution in [2.75, 3.05) is 5.32 Å². The summed E-state index contributed by atoms with van der Waals surface area (Å²) in [5.41, 5.74) is 3.90. The monoisotopic (exact) mass is 473 g/mol. The summed E-state index contributed by atoms with van der Waals surface area (Å²) in [5, 5.41) is 12.3. The van der Waals surface area contributed by atoms with E-state index in [9.17, 15) is 9.59 Å². The number of amides is 1. The molecule has 0 saturated carbocycles. The predicted molar refractivity (Wildman–Crippen MR) is 130 cm³/mol. The van der Waals surface area contributed by atoms with E-state index in [4.69, 9.17) is 11.6 Å². The van der Waals surface area contributed by atoms with Gasteiger partial charge in [-0.05, 0) is 50.1 Å². The van der Waals surface area contributed by atoms with Crippen molar-refractivity contribution in [2.24, 2.45) is 0 Å². The van der Waals surface area contributed by atoms with E-state index in [-0.39, 0.29) is 11.5 Å². The molecule has 0 unspecified atom stereocenters. The molecule has 0 radical (unpaired) electrons. The topological polar surface area (TPSA) is 110 Å². The van der Waals surface area contributed by atoms with Crippen LogP contribution in [0.4, 0.5) is 5.82 Å². The van der Waals surface area contributed by atoms with Crippen LogP contribution in [0, 0.1) is 20.8 Å². The number of hydrogen-bond donors (Lipinski definition) is 2. The van der Waals surface area contributed by atoms with Crippen LogP contribution in [0.1, 0.15) is 27.2 Å². The molecule has 0 aliphatic carbocycles. The van der Waals surface area contributed by atoms with Gasteiger partial charge in [0, 0.05) is 6.07 Å². The van der Waals surface area contributed by atoms with Crippen LogP contribution in [-0.2, 0) is 0 Å². The number of hydrogen-bond acceptors (Lipinski definition) is 5. The van der Waals surface area contributed by atoms with Gasteiger partial charge in [0.1, 0.15) is 11.2 Å². The van der Waals surface area contributed by atoms with Crippen LogP contribution in [0.25, 0.3) is 22.7 Å². The highest BCUT2D eigenvalue weighted by Gasteiger charge is 2.19. The standard InChI is InChI=1S/C24H20ClN7O2/c1-13-7-6-10-19(15(13)3)31-21-17(12-26-31)23(34)29-24(28-21)32-20(11-14(2)30-32)27-22(33)16-8-4-5-9-18(16)25/h4-12H,1-3H3,(H,27,33)(H,28,29,34). The van der Waals surface area contributed by atoms with Crippen LogP contribution < -0.4 is 10.9 Å². The Balaban J connectivity index is 1.62. The first kappa shape index (κ1) is 21.6. The van der Waals surface area contributed by atoms with E-state index >= 15 is 0 Å². The zero-order chi connectivity index (χ0) is 24.0. The van der Waals surface area contributed by atoms with E-state index < -0.39 is 5.91 Å². The van der Waals surface area contributed by atoms with Crippen molar-refractivity contribution < 1.29 is 4.79 Å². The Morgan fingerprint density at radius 2 is 1.85 bits per heavy atom. The zero-order valence-corrected chi connectivity index (χ0v) is 19.4. The van der Waals surface area contributed by atoms with Crippen LogP contribution in [0.15, 0.2) is 59.5 Å². The molecule has 3 heterocycles. The SMILES string of the molecule is Cc1cc(NC(=O)c2ccccc2Cl)n(-c2nc3c(cnn3-c3cccc(C)c3C)c(=O)[nH]2)n1. The molecule has 0 aliphatic heterocycles. The number of nitrogens with zero attached hydrogens (tertiary/aromatic N) is 5. The number of halogens is 1. The van der Waals surface area contributed by atoms with Gasteiger partial charge in [-0.3, -0.25) is 14.6 Å². The third-order valence-electron chi connectivity index (χ3n) is 5.62.